The summed E-state index contributed by atoms with van der Waals surface area (Å²) >= 11 is 0. The Labute approximate surface area is 117 Å². The van der Waals surface area contributed by atoms with Crippen LogP contribution >= 0.6 is 0 Å². The number of aliphatic hydroxyl groups is 1. The molecule has 0 aliphatic heterocycles. The fraction of sp³-hybridized carbons (Fsp3) is 0.375. The number of allylic oxidation sites excluding steroid dienone is 4. The molecule has 1 aromatic rings. The Morgan fingerprint density at radius 2 is 1.80 bits per heavy atom. The van der Waals surface area contributed by atoms with Gasteiger partial charge in [-0.3, -0.25) is 0 Å². The van der Waals surface area contributed by atoms with Gasteiger partial charge >= 0.3 is 6.18 Å². The summed E-state index contributed by atoms with van der Waals surface area (Å²) in [6.07, 6.45) is 0.999. The van der Waals surface area contributed by atoms with E-state index in [1.165, 1.54) is 6.08 Å². The Balaban J connectivity index is 2.98. The number of unbranched alkanes of at least 4 members (excludes halogenated alkanes) is 2. The predicted molar refractivity (Wildman–Crippen MR) is 75.2 cm³/mol. The molecule has 20 heavy (non-hydrogen) atoms. The summed E-state index contributed by atoms with van der Waals surface area (Å²) in [6, 6.07) is 8.55. The zero-order chi connectivity index (χ0) is 15.0. The topological polar surface area (TPSA) is 20.2 Å². The summed E-state index contributed by atoms with van der Waals surface area (Å²) < 4.78 is 38.7. The molecule has 1 aromatic carbocycles. The molecule has 0 heterocycles. The van der Waals surface area contributed by atoms with Gasteiger partial charge in [-0.1, -0.05) is 42.5 Å². The third-order valence-electron chi connectivity index (χ3n) is 2.98. The van der Waals surface area contributed by atoms with Crippen LogP contribution in [0, 0.1) is 0 Å². The molecule has 1 nitrogen and oxygen atoms in total. The van der Waals surface area contributed by atoms with E-state index in [0.29, 0.717) is 18.4 Å². The van der Waals surface area contributed by atoms with E-state index >= 15 is 0 Å². The number of hydrogen-bond acceptors (Lipinski definition) is 1. The van der Waals surface area contributed by atoms with Gasteiger partial charge in [-0.25, -0.2) is 0 Å². The zero-order valence-electron chi connectivity index (χ0n) is 11.5. The molecule has 0 saturated heterocycles. The summed E-state index contributed by atoms with van der Waals surface area (Å²) in [7, 11) is 0. The molecule has 0 spiro atoms. The molecular weight excluding hydrogens is 265 g/mol. The largest absolute Gasteiger partial charge is 0.413 e. The lowest BCUT2D eigenvalue weighted by atomic mass is 9.99. The molecule has 0 aliphatic rings. The molecule has 4 heteroatoms. The van der Waals surface area contributed by atoms with Crippen molar-refractivity contribution in [2.75, 3.05) is 6.61 Å². The quantitative estimate of drug-likeness (QED) is 0.591. The van der Waals surface area contributed by atoms with Crippen LogP contribution in [0.4, 0.5) is 13.2 Å². The Bertz CT molecular complexity index is 458. The van der Waals surface area contributed by atoms with Crippen molar-refractivity contribution in [3.63, 3.8) is 0 Å². The van der Waals surface area contributed by atoms with Crippen LogP contribution in [-0.4, -0.2) is 17.9 Å². The van der Waals surface area contributed by atoms with Crippen LogP contribution < -0.4 is 0 Å². The number of rotatable bonds is 6. The normalized spacial score (nSPS) is 13.7. The first-order valence-corrected chi connectivity index (χ1v) is 6.57. The highest BCUT2D eigenvalue weighted by atomic mass is 19.4. The third kappa shape index (κ3) is 5.21. The van der Waals surface area contributed by atoms with Gasteiger partial charge in [0.2, 0.25) is 0 Å². The van der Waals surface area contributed by atoms with Crippen molar-refractivity contribution < 1.29 is 18.3 Å². The predicted octanol–water partition coefficient (Wildman–Crippen LogP) is 4.74. The first kappa shape index (κ1) is 16.5. The van der Waals surface area contributed by atoms with Crippen molar-refractivity contribution in [2.24, 2.45) is 0 Å². The van der Waals surface area contributed by atoms with Crippen LogP contribution in [0.2, 0.25) is 0 Å². The van der Waals surface area contributed by atoms with Gasteiger partial charge in [-0.05, 0) is 37.3 Å². The zero-order valence-corrected chi connectivity index (χ0v) is 11.5. The van der Waals surface area contributed by atoms with E-state index < -0.39 is 11.7 Å². The molecule has 0 amide bonds. The summed E-state index contributed by atoms with van der Waals surface area (Å²) in [5.74, 6) is 0. The minimum atomic E-state index is -4.33. The lowest BCUT2D eigenvalue weighted by Gasteiger charge is -2.12. The number of aliphatic hydroxyl groups excluding tert-OH is 1. The highest BCUT2D eigenvalue weighted by Gasteiger charge is 2.32. The summed E-state index contributed by atoms with van der Waals surface area (Å²) in [4.78, 5) is 0. The second-order valence-electron chi connectivity index (χ2n) is 4.52. The third-order valence-corrected chi connectivity index (χ3v) is 2.98. The molecule has 1 rings (SSSR count). The standard InChI is InChI=1S/C16H19F3O/c1-13(16(17,18)19)15(11-7-2-3-8-12-20)14-9-5-4-6-10-14/h4-7,9-11,20H,2-3,8,12H2,1H3/b11-7?,15-13-. The second-order valence-corrected chi connectivity index (χ2v) is 4.52. The summed E-state index contributed by atoms with van der Waals surface area (Å²) in [5.41, 5.74) is 0.157. The molecule has 110 valence electrons. The smallest absolute Gasteiger partial charge is 0.396 e. The van der Waals surface area contributed by atoms with Crippen LogP contribution in [0.25, 0.3) is 5.57 Å². The van der Waals surface area contributed by atoms with Crippen molar-refractivity contribution in [3.05, 3.63) is 53.6 Å². The van der Waals surface area contributed by atoms with Crippen molar-refractivity contribution >= 4 is 5.57 Å². The SMILES string of the molecule is C/C(=C(\C=CCCCCO)c1ccccc1)C(F)(F)F. The molecule has 0 radical (unpaired) electrons. The maximum atomic E-state index is 12.9. The van der Waals surface area contributed by atoms with E-state index in [0.717, 1.165) is 13.3 Å². The van der Waals surface area contributed by atoms with Gasteiger partial charge in [0.1, 0.15) is 0 Å². The van der Waals surface area contributed by atoms with Gasteiger partial charge in [-0.2, -0.15) is 13.2 Å². The molecule has 0 aliphatic carbocycles. The van der Waals surface area contributed by atoms with Gasteiger partial charge < -0.3 is 5.11 Å². The minimum absolute atomic E-state index is 0.108. The second kappa shape index (κ2) is 7.90. The maximum Gasteiger partial charge on any atom is 0.413 e. The molecule has 0 fully saturated rings. The van der Waals surface area contributed by atoms with Gasteiger partial charge in [0.25, 0.3) is 0 Å². The van der Waals surface area contributed by atoms with Gasteiger partial charge in [-0.15, -0.1) is 0 Å². The fourth-order valence-corrected chi connectivity index (χ4v) is 1.78. The number of benzene rings is 1. The van der Waals surface area contributed by atoms with Crippen LogP contribution in [0.1, 0.15) is 31.7 Å². The van der Waals surface area contributed by atoms with E-state index in [-0.39, 0.29) is 12.2 Å². The Morgan fingerprint density at radius 1 is 1.15 bits per heavy atom. The first-order chi connectivity index (χ1) is 9.46. The molecule has 1 N–H and O–H groups in total. The molecule has 0 saturated carbocycles. The first-order valence-electron chi connectivity index (χ1n) is 6.57. The van der Waals surface area contributed by atoms with E-state index in [1.54, 1.807) is 36.4 Å². The average Bonchev–Trinajstić information content (AvgIpc) is 2.42. The molecule has 0 unspecified atom stereocenters. The van der Waals surface area contributed by atoms with Crippen LogP contribution in [0.3, 0.4) is 0 Å². The molecule has 0 aromatic heterocycles. The van der Waals surface area contributed by atoms with Crippen molar-refractivity contribution in [3.8, 4) is 0 Å². The number of halogens is 3. The van der Waals surface area contributed by atoms with Crippen LogP contribution in [0.15, 0.2) is 48.1 Å². The highest BCUT2D eigenvalue weighted by Crippen LogP contribution is 2.32. The number of alkyl halides is 3. The van der Waals surface area contributed by atoms with Gasteiger partial charge in [0, 0.05) is 12.2 Å². The average molecular weight is 284 g/mol. The van der Waals surface area contributed by atoms with E-state index in [2.05, 4.69) is 0 Å². The van der Waals surface area contributed by atoms with Crippen LogP contribution in [0.5, 0.6) is 0 Å². The van der Waals surface area contributed by atoms with Gasteiger partial charge in [0.15, 0.2) is 0 Å². The number of hydrogen-bond donors (Lipinski definition) is 1. The fourth-order valence-electron chi connectivity index (χ4n) is 1.78. The van der Waals surface area contributed by atoms with E-state index in [9.17, 15) is 13.2 Å². The lowest BCUT2D eigenvalue weighted by molar-refractivity contribution is -0.0906. The van der Waals surface area contributed by atoms with E-state index in [1.807, 2.05) is 0 Å². The Kier molecular flexibility index (Phi) is 6.52. The van der Waals surface area contributed by atoms with Crippen molar-refractivity contribution in [1.82, 2.24) is 0 Å². The monoisotopic (exact) mass is 284 g/mol. The molecule has 0 bridgehead atoms. The van der Waals surface area contributed by atoms with Gasteiger partial charge in [0.05, 0.1) is 0 Å². The lowest BCUT2D eigenvalue weighted by Crippen LogP contribution is -2.10. The molecular formula is C16H19F3O. The van der Waals surface area contributed by atoms with Crippen molar-refractivity contribution in [1.29, 1.82) is 0 Å². The summed E-state index contributed by atoms with van der Waals surface area (Å²) in [5, 5.41) is 8.67. The Morgan fingerprint density at radius 3 is 2.35 bits per heavy atom. The maximum absolute atomic E-state index is 12.9. The Hall–Kier alpha value is -1.55. The minimum Gasteiger partial charge on any atom is -0.396 e. The summed E-state index contributed by atoms with van der Waals surface area (Å²) in [6.45, 7) is 1.21. The molecule has 0 atom stereocenters. The highest BCUT2D eigenvalue weighted by molar-refractivity contribution is 5.77. The van der Waals surface area contributed by atoms with Crippen LogP contribution in [-0.2, 0) is 0 Å². The van der Waals surface area contributed by atoms with E-state index in [4.69, 9.17) is 5.11 Å². The van der Waals surface area contributed by atoms with Crippen molar-refractivity contribution in [2.45, 2.75) is 32.4 Å².